The Morgan fingerprint density at radius 1 is 1.11 bits per heavy atom. The molecule has 144 valence electrons. The lowest BCUT2D eigenvalue weighted by Crippen LogP contribution is -2.46. The maximum atomic E-state index is 12.9. The average molecular weight is 398 g/mol. The maximum Gasteiger partial charge on any atom is 0.416 e. The van der Waals surface area contributed by atoms with Gasteiger partial charge in [-0.05, 0) is 54.8 Å². The van der Waals surface area contributed by atoms with Crippen molar-refractivity contribution in [3.8, 4) is 0 Å². The van der Waals surface area contributed by atoms with Gasteiger partial charge in [0, 0.05) is 5.02 Å². The van der Waals surface area contributed by atoms with Crippen LogP contribution < -0.4 is 0 Å². The van der Waals surface area contributed by atoms with E-state index in [0.717, 1.165) is 30.5 Å². The van der Waals surface area contributed by atoms with Crippen LogP contribution in [0.3, 0.4) is 0 Å². The van der Waals surface area contributed by atoms with E-state index in [9.17, 15) is 23.1 Å². The Bertz CT molecular complexity index is 808. The number of carboxylic acid groups (broad SMARTS) is 1. The smallest absolute Gasteiger partial charge is 0.416 e. The number of carbonyl (C=O) groups is 1. The van der Waals surface area contributed by atoms with E-state index in [1.165, 1.54) is 12.1 Å². The number of rotatable bonds is 4. The number of alkyl halides is 3. The number of nitrogens with zero attached hydrogens (tertiary/aromatic N) is 1. The molecule has 3 nitrogen and oxygen atoms in total. The van der Waals surface area contributed by atoms with E-state index < -0.39 is 29.8 Å². The van der Waals surface area contributed by atoms with Gasteiger partial charge in [-0.15, -0.1) is 0 Å². The van der Waals surface area contributed by atoms with E-state index in [1.54, 1.807) is 18.2 Å². The van der Waals surface area contributed by atoms with Crippen molar-refractivity contribution in [2.24, 2.45) is 0 Å². The molecule has 2 aromatic rings. The molecule has 1 saturated heterocycles. The highest BCUT2D eigenvalue weighted by Crippen LogP contribution is 2.37. The Morgan fingerprint density at radius 3 is 2.41 bits per heavy atom. The van der Waals surface area contributed by atoms with Crippen LogP contribution in [-0.4, -0.2) is 28.6 Å². The fourth-order valence-electron chi connectivity index (χ4n) is 3.63. The number of aliphatic carboxylic acids is 1. The molecule has 27 heavy (non-hydrogen) atoms. The van der Waals surface area contributed by atoms with Gasteiger partial charge in [-0.2, -0.15) is 13.2 Å². The Balaban J connectivity index is 2.06. The van der Waals surface area contributed by atoms with Crippen LogP contribution in [0.15, 0.2) is 48.5 Å². The van der Waals surface area contributed by atoms with Crippen molar-refractivity contribution in [2.75, 3.05) is 6.54 Å². The Morgan fingerprint density at radius 2 is 1.81 bits per heavy atom. The van der Waals surface area contributed by atoms with E-state index in [1.807, 2.05) is 11.0 Å². The lowest BCUT2D eigenvalue weighted by molar-refractivity contribution is -0.145. The van der Waals surface area contributed by atoms with Gasteiger partial charge in [-0.1, -0.05) is 42.3 Å². The van der Waals surface area contributed by atoms with Crippen molar-refractivity contribution >= 4 is 17.6 Å². The minimum absolute atomic E-state index is 0.479. The molecule has 1 heterocycles. The van der Waals surface area contributed by atoms with Crippen molar-refractivity contribution < 1.29 is 23.1 Å². The molecule has 1 fully saturated rings. The highest BCUT2D eigenvalue weighted by molar-refractivity contribution is 6.30. The number of hydrogen-bond acceptors (Lipinski definition) is 2. The van der Waals surface area contributed by atoms with Crippen molar-refractivity contribution in [3.05, 3.63) is 70.2 Å². The summed E-state index contributed by atoms with van der Waals surface area (Å²) < 4.78 is 38.7. The van der Waals surface area contributed by atoms with Crippen molar-refractivity contribution in [1.29, 1.82) is 0 Å². The topological polar surface area (TPSA) is 40.5 Å². The third-order valence-corrected chi connectivity index (χ3v) is 5.11. The van der Waals surface area contributed by atoms with Crippen LogP contribution in [0.1, 0.15) is 42.0 Å². The van der Waals surface area contributed by atoms with Gasteiger partial charge in [0.1, 0.15) is 6.04 Å². The lowest BCUT2D eigenvalue weighted by atomic mass is 9.91. The number of hydrogen-bond donors (Lipinski definition) is 1. The van der Waals surface area contributed by atoms with E-state index >= 15 is 0 Å². The monoisotopic (exact) mass is 397 g/mol. The van der Waals surface area contributed by atoms with Crippen molar-refractivity contribution in [3.63, 3.8) is 0 Å². The maximum absolute atomic E-state index is 12.9. The van der Waals surface area contributed by atoms with Crippen LogP contribution in [-0.2, 0) is 11.0 Å². The molecular formula is C20H19ClF3NO2. The van der Waals surface area contributed by atoms with Crippen LogP contribution in [0.2, 0.25) is 5.02 Å². The minimum Gasteiger partial charge on any atom is -0.480 e. The summed E-state index contributed by atoms with van der Waals surface area (Å²) in [5, 5.41) is 10.1. The van der Waals surface area contributed by atoms with Crippen LogP contribution in [0.5, 0.6) is 0 Å². The SMILES string of the molecule is O=C(O)C1CCCCN1C(c1ccc(C(F)(F)F)cc1)c1cccc(Cl)c1. The largest absolute Gasteiger partial charge is 0.480 e. The normalized spacial score (nSPS) is 19.6. The summed E-state index contributed by atoms with van der Waals surface area (Å²) in [6, 6.07) is 10.8. The number of carboxylic acids is 1. The van der Waals surface area contributed by atoms with Gasteiger partial charge < -0.3 is 5.11 Å². The molecule has 1 aliphatic heterocycles. The van der Waals surface area contributed by atoms with Gasteiger partial charge in [0.15, 0.2) is 0 Å². The van der Waals surface area contributed by atoms with Gasteiger partial charge in [-0.25, -0.2) is 0 Å². The molecule has 0 aliphatic carbocycles. The zero-order valence-electron chi connectivity index (χ0n) is 14.4. The first-order valence-corrected chi connectivity index (χ1v) is 9.06. The molecule has 0 radical (unpaired) electrons. The average Bonchev–Trinajstić information content (AvgIpc) is 2.62. The molecule has 0 saturated carbocycles. The molecule has 3 rings (SSSR count). The molecule has 0 spiro atoms. The summed E-state index contributed by atoms with van der Waals surface area (Å²) in [5.41, 5.74) is 0.637. The summed E-state index contributed by atoms with van der Waals surface area (Å²) in [4.78, 5) is 13.6. The number of likely N-dealkylation sites (tertiary alicyclic amines) is 1. The first kappa shape index (κ1) is 19.7. The van der Waals surface area contributed by atoms with Gasteiger partial charge >= 0.3 is 12.1 Å². The van der Waals surface area contributed by atoms with E-state index in [4.69, 9.17) is 11.6 Å². The lowest BCUT2D eigenvalue weighted by Gasteiger charge is -2.39. The number of benzene rings is 2. The molecule has 0 bridgehead atoms. The fraction of sp³-hybridized carbons (Fsp3) is 0.350. The Kier molecular flexibility index (Phi) is 5.77. The summed E-state index contributed by atoms with van der Waals surface area (Å²) in [6.45, 7) is 0.551. The summed E-state index contributed by atoms with van der Waals surface area (Å²) in [5.74, 6) is -0.923. The van der Waals surface area contributed by atoms with E-state index in [2.05, 4.69) is 0 Å². The first-order valence-electron chi connectivity index (χ1n) is 8.68. The second kappa shape index (κ2) is 7.90. The van der Waals surface area contributed by atoms with Crippen LogP contribution in [0.25, 0.3) is 0 Å². The molecule has 0 aromatic heterocycles. The van der Waals surface area contributed by atoms with Gasteiger partial charge in [-0.3, -0.25) is 9.69 Å². The molecule has 1 N–H and O–H groups in total. The quantitative estimate of drug-likeness (QED) is 0.752. The highest BCUT2D eigenvalue weighted by atomic mass is 35.5. The first-order chi connectivity index (χ1) is 12.8. The zero-order chi connectivity index (χ0) is 19.6. The molecular weight excluding hydrogens is 379 g/mol. The molecule has 0 amide bonds. The van der Waals surface area contributed by atoms with Gasteiger partial charge in [0.2, 0.25) is 0 Å². The Labute approximate surface area is 160 Å². The highest BCUT2D eigenvalue weighted by Gasteiger charge is 2.36. The number of piperidine rings is 1. The van der Waals surface area contributed by atoms with Crippen molar-refractivity contribution in [1.82, 2.24) is 4.90 Å². The van der Waals surface area contributed by atoms with Gasteiger partial charge in [0.25, 0.3) is 0 Å². The molecule has 2 unspecified atom stereocenters. The number of halogens is 4. The molecule has 1 aliphatic rings. The van der Waals surface area contributed by atoms with Crippen LogP contribution in [0, 0.1) is 0 Å². The molecule has 2 aromatic carbocycles. The predicted octanol–water partition coefficient (Wildman–Crippen LogP) is 5.39. The Hall–Kier alpha value is -2.05. The summed E-state index contributed by atoms with van der Waals surface area (Å²) >= 11 is 6.12. The minimum atomic E-state index is -4.42. The van der Waals surface area contributed by atoms with Crippen LogP contribution >= 0.6 is 11.6 Å². The molecule has 7 heteroatoms. The summed E-state index contributed by atoms with van der Waals surface area (Å²) in [6.07, 6.45) is -2.27. The van der Waals surface area contributed by atoms with E-state index in [-0.39, 0.29) is 0 Å². The zero-order valence-corrected chi connectivity index (χ0v) is 15.2. The predicted molar refractivity (Wildman–Crippen MR) is 96.7 cm³/mol. The second-order valence-electron chi connectivity index (χ2n) is 6.66. The third kappa shape index (κ3) is 4.45. The standard InChI is InChI=1S/C20H19ClF3NO2/c21-16-5-3-4-14(12-16)18(25-11-2-1-6-17(25)19(26)27)13-7-9-15(10-8-13)20(22,23)24/h3-5,7-10,12,17-18H,1-2,6,11H2,(H,26,27). The van der Waals surface area contributed by atoms with Crippen molar-refractivity contribution in [2.45, 2.75) is 37.5 Å². The fourth-order valence-corrected chi connectivity index (χ4v) is 3.83. The second-order valence-corrected chi connectivity index (χ2v) is 7.10. The van der Waals surface area contributed by atoms with E-state index in [0.29, 0.717) is 23.6 Å². The third-order valence-electron chi connectivity index (χ3n) is 4.88. The van der Waals surface area contributed by atoms with Gasteiger partial charge in [0.05, 0.1) is 11.6 Å². The van der Waals surface area contributed by atoms with Crippen LogP contribution in [0.4, 0.5) is 13.2 Å². The summed E-state index contributed by atoms with van der Waals surface area (Å²) in [7, 11) is 0. The molecule has 2 atom stereocenters.